The third-order valence-corrected chi connectivity index (χ3v) is 7.66. The molecule has 1 unspecified atom stereocenters. The average molecular weight is 451 g/mol. The van der Waals surface area contributed by atoms with Crippen molar-refractivity contribution in [2.45, 2.75) is 38.0 Å². The zero-order chi connectivity index (χ0) is 21.9. The molecule has 1 N–H and O–H groups in total. The van der Waals surface area contributed by atoms with E-state index < -0.39 is 15.9 Å². The van der Waals surface area contributed by atoms with Crippen molar-refractivity contribution in [1.29, 1.82) is 0 Å². The van der Waals surface area contributed by atoms with Crippen molar-refractivity contribution < 1.29 is 17.9 Å². The molecule has 3 rings (SSSR count). The van der Waals surface area contributed by atoms with Crippen molar-refractivity contribution >= 4 is 33.2 Å². The standard InChI is InChI=1S/C22H27ClN2O4S/c1-4-16-8-5-7-15(2)21(16)24-22(26)17-9-6-12-25(14-17)30(27,28)18-10-11-20(29-3)19(23)13-18/h5,7-8,10-11,13,17H,4,6,9,12,14H2,1-3H3,(H,24,26). The van der Waals surface area contributed by atoms with E-state index in [9.17, 15) is 13.2 Å². The van der Waals surface area contributed by atoms with E-state index >= 15 is 0 Å². The number of amides is 1. The Hall–Kier alpha value is -2.09. The molecule has 0 spiro atoms. The van der Waals surface area contributed by atoms with Gasteiger partial charge in [-0.05, 0) is 55.5 Å². The third kappa shape index (κ3) is 4.63. The Morgan fingerprint density at radius 3 is 2.73 bits per heavy atom. The second kappa shape index (κ2) is 9.37. The van der Waals surface area contributed by atoms with Gasteiger partial charge in [-0.15, -0.1) is 0 Å². The number of carbonyl (C=O) groups is 1. The Kier molecular flexibility index (Phi) is 7.06. The lowest BCUT2D eigenvalue weighted by atomic mass is 9.98. The molecule has 2 aromatic rings. The Labute approximate surface area is 183 Å². The van der Waals surface area contributed by atoms with Gasteiger partial charge in [0.05, 0.1) is 22.9 Å². The van der Waals surface area contributed by atoms with Crippen LogP contribution in [0.25, 0.3) is 0 Å². The summed E-state index contributed by atoms with van der Waals surface area (Å²) in [7, 11) is -2.28. The van der Waals surface area contributed by atoms with Crippen LogP contribution in [0.1, 0.15) is 30.9 Å². The molecule has 1 saturated heterocycles. The van der Waals surface area contributed by atoms with Gasteiger partial charge in [-0.3, -0.25) is 4.79 Å². The summed E-state index contributed by atoms with van der Waals surface area (Å²) in [6, 6.07) is 10.3. The van der Waals surface area contributed by atoms with Gasteiger partial charge in [-0.2, -0.15) is 4.31 Å². The normalized spacial score (nSPS) is 17.5. The van der Waals surface area contributed by atoms with Crippen molar-refractivity contribution in [3.8, 4) is 5.75 Å². The number of anilines is 1. The number of hydrogen-bond donors (Lipinski definition) is 1. The number of hydrogen-bond acceptors (Lipinski definition) is 4. The van der Waals surface area contributed by atoms with Crippen molar-refractivity contribution in [2.75, 3.05) is 25.5 Å². The van der Waals surface area contributed by atoms with Crippen LogP contribution >= 0.6 is 11.6 Å². The number of aryl methyl sites for hydroxylation is 2. The van der Waals surface area contributed by atoms with Gasteiger partial charge in [0, 0.05) is 18.8 Å². The Morgan fingerprint density at radius 1 is 1.30 bits per heavy atom. The third-order valence-electron chi connectivity index (χ3n) is 5.50. The first-order valence-corrected chi connectivity index (χ1v) is 11.8. The van der Waals surface area contributed by atoms with Crippen LogP contribution in [0, 0.1) is 12.8 Å². The van der Waals surface area contributed by atoms with E-state index in [-0.39, 0.29) is 22.4 Å². The van der Waals surface area contributed by atoms with Crippen LogP contribution in [-0.4, -0.2) is 38.8 Å². The maximum atomic E-state index is 13.1. The first kappa shape index (κ1) is 22.6. The first-order chi connectivity index (χ1) is 14.3. The molecule has 1 atom stereocenters. The van der Waals surface area contributed by atoms with E-state index in [0.29, 0.717) is 25.1 Å². The van der Waals surface area contributed by atoms with Crippen molar-refractivity contribution in [2.24, 2.45) is 5.92 Å². The van der Waals surface area contributed by atoms with Gasteiger partial charge in [-0.1, -0.05) is 36.7 Å². The largest absolute Gasteiger partial charge is 0.495 e. The topological polar surface area (TPSA) is 75.7 Å². The fourth-order valence-corrected chi connectivity index (χ4v) is 5.63. The summed E-state index contributed by atoms with van der Waals surface area (Å²) in [5.41, 5.74) is 2.89. The molecule has 2 aromatic carbocycles. The molecule has 0 saturated carbocycles. The van der Waals surface area contributed by atoms with E-state index in [1.807, 2.05) is 32.0 Å². The smallest absolute Gasteiger partial charge is 0.243 e. The molecule has 1 fully saturated rings. The number of rotatable bonds is 6. The fourth-order valence-electron chi connectivity index (χ4n) is 3.76. The number of ether oxygens (including phenoxy) is 1. The number of carbonyl (C=O) groups excluding carboxylic acids is 1. The predicted octanol–water partition coefficient (Wildman–Crippen LogP) is 4.26. The van der Waals surface area contributed by atoms with Crippen LogP contribution in [-0.2, 0) is 21.2 Å². The summed E-state index contributed by atoms with van der Waals surface area (Å²) in [4.78, 5) is 13.1. The van der Waals surface area contributed by atoms with Gasteiger partial charge < -0.3 is 10.1 Å². The van der Waals surface area contributed by atoms with Crippen LogP contribution in [0.5, 0.6) is 5.75 Å². The van der Waals surface area contributed by atoms with Gasteiger partial charge in [0.15, 0.2) is 0 Å². The number of halogens is 1. The molecular weight excluding hydrogens is 424 g/mol. The Morgan fingerprint density at radius 2 is 2.07 bits per heavy atom. The summed E-state index contributed by atoms with van der Waals surface area (Å²) >= 11 is 6.12. The van der Waals surface area contributed by atoms with Gasteiger partial charge in [0.2, 0.25) is 15.9 Å². The van der Waals surface area contributed by atoms with E-state index in [0.717, 1.165) is 23.2 Å². The second-order valence-electron chi connectivity index (χ2n) is 7.45. The number of para-hydroxylation sites is 1. The summed E-state index contributed by atoms with van der Waals surface area (Å²) in [5.74, 6) is -0.144. The molecule has 0 aliphatic carbocycles. The van der Waals surface area contributed by atoms with Crippen molar-refractivity contribution in [3.05, 3.63) is 52.5 Å². The molecule has 1 aliphatic heterocycles. The van der Waals surface area contributed by atoms with E-state index in [1.54, 1.807) is 0 Å². The lowest BCUT2D eigenvalue weighted by Crippen LogP contribution is -2.43. The first-order valence-electron chi connectivity index (χ1n) is 10.0. The minimum atomic E-state index is -3.76. The molecule has 30 heavy (non-hydrogen) atoms. The van der Waals surface area contributed by atoms with Gasteiger partial charge in [-0.25, -0.2) is 8.42 Å². The van der Waals surface area contributed by atoms with Crippen LogP contribution in [0.2, 0.25) is 5.02 Å². The highest BCUT2D eigenvalue weighted by Gasteiger charge is 2.34. The monoisotopic (exact) mass is 450 g/mol. The summed E-state index contributed by atoms with van der Waals surface area (Å²) in [6.45, 7) is 4.52. The summed E-state index contributed by atoms with van der Waals surface area (Å²) in [6.07, 6.45) is 2.07. The highest BCUT2D eigenvalue weighted by molar-refractivity contribution is 7.89. The molecule has 162 valence electrons. The molecule has 1 heterocycles. The van der Waals surface area contributed by atoms with Crippen LogP contribution in [0.3, 0.4) is 0 Å². The van der Waals surface area contributed by atoms with Crippen molar-refractivity contribution in [1.82, 2.24) is 4.31 Å². The molecule has 6 nitrogen and oxygen atoms in total. The molecular formula is C22H27ClN2O4S. The maximum absolute atomic E-state index is 13.1. The number of nitrogens with one attached hydrogen (secondary N) is 1. The zero-order valence-corrected chi connectivity index (χ0v) is 19.0. The molecule has 0 bridgehead atoms. The highest BCUT2D eigenvalue weighted by Crippen LogP contribution is 2.31. The maximum Gasteiger partial charge on any atom is 0.243 e. The highest BCUT2D eigenvalue weighted by atomic mass is 35.5. The van der Waals surface area contributed by atoms with E-state index in [4.69, 9.17) is 16.3 Å². The minimum Gasteiger partial charge on any atom is -0.495 e. The number of nitrogens with zero attached hydrogens (tertiary/aromatic N) is 1. The predicted molar refractivity (Wildman–Crippen MR) is 119 cm³/mol. The second-order valence-corrected chi connectivity index (χ2v) is 9.80. The quantitative estimate of drug-likeness (QED) is 0.713. The van der Waals surface area contributed by atoms with E-state index in [1.165, 1.54) is 29.6 Å². The molecule has 8 heteroatoms. The van der Waals surface area contributed by atoms with E-state index in [2.05, 4.69) is 5.32 Å². The van der Waals surface area contributed by atoms with Crippen LogP contribution in [0.4, 0.5) is 5.69 Å². The number of piperidine rings is 1. The number of benzene rings is 2. The van der Waals surface area contributed by atoms with Gasteiger partial charge >= 0.3 is 0 Å². The number of methoxy groups -OCH3 is 1. The summed E-state index contributed by atoms with van der Waals surface area (Å²) in [5, 5.41) is 3.27. The molecule has 0 radical (unpaired) electrons. The molecule has 0 aromatic heterocycles. The lowest BCUT2D eigenvalue weighted by molar-refractivity contribution is -0.120. The zero-order valence-electron chi connectivity index (χ0n) is 17.4. The lowest BCUT2D eigenvalue weighted by Gasteiger charge is -2.31. The average Bonchev–Trinajstić information content (AvgIpc) is 2.75. The summed E-state index contributed by atoms with van der Waals surface area (Å²) < 4.78 is 32.7. The van der Waals surface area contributed by atoms with Gasteiger partial charge in [0.1, 0.15) is 5.75 Å². The Balaban J connectivity index is 1.78. The number of sulfonamides is 1. The van der Waals surface area contributed by atoms with Crippen LogP contribution in [0.15, 0.2) is 41.3 Å². The fraction of sp³-hybridized carbons (Fsp3) is 0.409. The minimum absolute atomic E-state index is 0.0986. The molecule has 1 aliphatic rings. The molecule has 1 amide bonds. The van der Waals surface area contributed by atoms with Gasteiger partial charge in [0.25, 0.3) is 0 Å². The Bertz CT molecular complexity index is 1040. The SMILES string of the molecule is CCc1cccc(C)c1NC(=O)C1CCCN(S(=O)(=O)c2ccc(OC)c(Cl)c2)C1. The van der Waals surface area contributed by atoms with Crippen LogP contribution < -0.4 is 10.1 Å². The van der Waals surface area contributed by atoms with Crippen molar-refractivity contribution in [3.63, 3.8) is 0 Å².